The summed E-state index contributed by atoms with van der Waals surface area (Å²) in [6.07, 6.45) is 4.43. The Hall–Kier alpha value is -1.34. The minimum absolute atomic E-state index is 1.01. The molecule has 0 aliphatic carbocycles. The van der Waals surface area contributed by atoms with Crippen LogP contribution < -0.4 is 0 Å². The van der Waals surface area contributed by atoms with E-state index in [0.717, 1.165) is 19.6 Å². The molecule has 0 bridgehead atoms. The van der Waals surface area contributed by atoms with Gasteiger partial charge in [-0.1, -0.05) is 50.8 Å². The van der Waals surface area contributed by atoms with Crippen LogP contribution in [0, 0.1) is 6.92 Å². The molecule has 0 saturated carbocycles. The average Bonchev–Trinajstić information content (AvgIpc) is 2.45. The van der Waals surface area contributed by atoms with Crippen LogP contribution in [0.2, 0.25) is 0 Å². The largest absolute Gasteiger partial charge is 0.299 e. The highest BCUT2D eigenvalue weighted by molar-refractivity contribution is 5.71. The number of hydrogen-bond acceptors (Lipinski definition) is 1. The Morgan fingerprint density at radius 1 is 1.15 bits per heavy atom. The zero-order valence-corrected chi connectivity index (χ0v) is 13.6. The Labute approximate surface area is 125 Å². The van der Waals surface area contributed by atoms with E-state index in [4.69, 9.17) is 0 Å². The summed E-state index contributed by atoms with van der Waals surface area (Å²) in [5.41, 5.74) is 5.38. The monoisotopic (exact) mass is 271 g/mol. The molecule has 0 aliphatic rings. The van der Waals surface area contributed by atoms with Crippen molar-refractivity contribution in [2.75, 3.05) is 19.6 Å². The van der Waals surface area contributed by atoms with Crippen molar-refractivity contribution in [2.24, 2.45) is 0 Å². The predicted molar refractivity (Wildman–Crippen MR) is 91.0 cm³/mol. The second-order valence-electron chi connectivity index (χ2n) is 5.45. The summed E-state index contributed by atoms with van der Waals surface area (Å²) >= 11 is 0. The third-order valence-electron chi connectivity index (χ3n) is 3.75. The van der Waals surface area contributed by atoms with E-state index in [1.54, 1.807) is 0 Å². The van der Waals surface area contributed by atoms with E-state index in [9.17, 15) is 0 Å². The van der Waals surface area contributed by atoms with E-state index in [1.807, 2.05) is 6.08 Å². The molecule has 20 heavy (non-hydrogen) atoms. The summed E-state index contributed by atoms with van der Waals surface area (Å²) in [4.78, 5) is 2.53. The van der Waals surface area contributed by atoms with Gasteiger partial charge in [-0.2, -0.15) is 0 Å². The molecule has 0 radical (unpaired) electrons. The van der Waals surface area contributed by atoms with Gasteiger partial charge in [0, 0.05) is 6.54 Å². The van der Waals surface area contributed by atoms with Crippen molar-refractivity contribution < 1.29 is 0 Å². The lowest BCUT2D eigenvalue weighted by Gasteiger charge is -2.23. The minimum atomic E-state index is 1.01. The second-order valence-corrected chi connectivity index (χ2v) is 5.45. The quantitative estimate of drug-likeness (QED) is 0.596. The van der Waals surface area contributed by atoms with Crippen molar-refractivity contribution in [3.8, 4) is 0 Å². The van der Waals surface area contributed by atoms with E-state index in [-0.39, 0.29) is 0 Å². The van der Waals surface area contributed by atoms with Crippen LogP contribution in [0.25, 0.3) is 5.57 Å². The molecule has 0 spiro atoms. The molecular weight excluding hydrogens is 242 g/mol. The lowest BCUT2D eigenvalue weighted by molar-refractivity contribution is 0.299. The number of rotatable bonds is 8. The van der Waals surface area contributed by atoms with Crippen LogP contribution in [0.3, 0.4) is 0 Å². The van der Waals surface area contributed by atoms with Gasteiger partial charge in [0.2, 0.25) is 0 Å². The number of benzene rings is 1. The van der Waals surface area contributed by atoms with Gasteiger partial charge in [-0.05, 0) is 62.1 Å². The Kier molecular flexibility index (Phi) is 7.32. The number of allylic oxidation sites excluding steroid dienone is 1. The van der Waals surface area contributed by atoms with Crippen LogP contribution in [-0.4, -0.2) is 24.5 Å². The summed E-state index contributed by atoms with van der Waals surface area (Å²) in [5.74, 6) is 0. The molecule has 1 aromatic rings. The standard InChI is InChI=1S/C19H29N/c1-6-13-20(14-7-2)15-18(8-3)17(5)19-12-10-9-11-16(19)4/h8-12H,3,6-7,13-15H2,1-2,4-5H3/b18-17-. The summed E-state index contributed by atoms with van der Waals surface area (Å²) in [5, 5.41) is 0. The fraction of sp³-hybridized carbons (Fsp3) is 0.474. The number of hydrogen-bond donors (Lipinski definition) is 0. The Bertz CT molecular complexity index is 451. The van der Waals surface area contributed by atoms with Crippen LogP contribution in [0.1, 0.15) is 44.7 Å². The maximum atomic E-state index is 4.03. The van der Waals surface area contributed by atoms with Crippen LogP contribution in [-0.2, 0) is 0 Å². The molecule has 0 atom stereocenters. The molecular formula is C19H29N. The van der Waals surface area contributed by atoms with E-state index in [0.29, 0.717) is 0 Å². The summed E-state index contributed by atoms with van der Waals surface area (Å²) in [7, 11) is 0. The predicted octanol–water partition coefficient (Wildman–Crippen LogP) is 5.08. The Morgan fingerprint density at radius 2 is 1.75 bits per heavy atom. The lowest BCUT2D eigenvalue weighted by atomic mass is 9.97. The molecule has 0 amide bonds. The first-order chi connectivity index (χ1) is 9.63. The van der Waals surface area contributed by atoms with Crippen molar-refractivity contribution in [1.29, 1.82) is 0 Å². The fourth-order valence-corrected chi connectivity index (χ4v) is 2.65. The van der Waals surface area contributed by atoms with E-state index in [1.165, 1.54) is 35.1 Å². The van der Waals surface area contributed by atoms with Gasteiger partial charge < -0.3 is 0 Å². The van der Waals surface area contributed by atoms with Crippen molar-refractivity contribution in [3.63, 3.8) is 0 Å². The molecule has 1 rings (SSSR count). The van der Waals surface area contributed by atoms with Gasteiger partial charge in [0.15, 0.2) is 0 Å². The Balaban J connectivity index is 3.00. The fourth-order valence-electron chi connectivity index (χ4n) is 2.65. The summed E-state index contributed by atoms with van der Waals surface area (Å²) in [6.45, 7) is 16.2. The van der Waals surface area contributed by atoms with Gasteiger partial charge in [-0.25, -0.2) is 0 Å². The first-order valence-electron chi connectivity index (χ1n) is 7.74. The third kappa shape index (κ3) is 4.64. The molecule has 0 aromatic heterocycles. The van der Waals surface area contributed by atoms with Gasteiger partial charge in [0.05, 0.1) is 0 Å². The van der Waals surface area contributed by atoms with E-state index >= 15 is 0 Å². The molecule has 1 heteroatoms. The summed E-state index contributed by atoms with van der Waals surface area (Å²) in [6, 6.07) is 8.59. The normalized spacial score (nSPS) is 12.4. The van der Waals surface area contributed by atoms with E-state index in [2.05, 4.69) is 63.4 Å². The summed E-state index contributed by atoms with van der Waals surface area (Å²) < 4.78 is 0. The van der Waals surface area contributed by atoms with Crippen LogP contribution >= 0.6 is 0 Å². The molecule has 110 valence electrons. The van der Waals surface area contributed by atoms with Crippen LogP contribution in [0.5, 0.6) is 0 Å². The molecule has 1 nitrogen and oxygen atoms in total. The van der Waals surface area contributed by atoms with Crippen LogP contribution in [0.15, 0.2) is 42.5 Å². The first-order valence-corrected chi connectivity index (χ1v) is 7.74. The highest BCUT2D eigenvalue weighted by Gasteiger charge is 2.09. The first kappa shape index (κ1) is 16.7. The number of aryl methyl sites for hydroxylation is 1. The molecule has 0 unspecified atom stereocenters. The Morgan fingerprint density at radius 3 is 2.25 bits per heavy atom. The van der Waals surface area contributed by atoms with Gasteiger partial charge in [-0.3, -0.25) is 4.90 Å². The SMILES string of the molecule is C=C/C(CN(CCC)CCC)=C(\C)c1ccccc1C. The third-order valence-corrected chi connectivity index (χ3v) is 3.75. The second kappa shape index (κ2) is 8.76. The van der Waals surface area contributed by atoms with E-state index < -0.39 is 0 Å². The maximum absolute atomic E-state index is 4.03. The highest BCUT2D eigenvalue weighted by Crippen LogP contribution is 2.23. The van der Waals surface area contributed by atoms with Gasteiger partial charge in [-0.15, -0.1) is 0 Å². The minimum Gasteiger partial charge on any atom is -0.299 e. The van der Waals surface area contributed by atoms with Crippen molar-refractivity contribution in [1.82, 2.24) is 4.90 Å². The van der Waals surface area contributed by atoms with Crippen molar-refractivity contribution >= 4 is 5.57 Å². The van der Waals surface area contributed by atoms with Crippen molar-refractivity contribution in [3.05, 3.63) is 53.6 Å². The highest BCUT2D eigenvalue weighted by atomic mass is 15.1. The van der Waals surface area contributed by atoms with Crippen LogP contribution in [0.4, 0.5) is 0 Å². The average molecular weight is 271 g/mol. The maximum Gasteiger partial charge on any atom is 0.0236 e. The molecule has 0 saturated heterocycles. The topological polar surface area (TPSA) is 3.24 Å². The molecule has 0 aliphatic heterocycles. The van der Waals surface area contributed by atoms with Gasteiger partial charge in [0.25, 0.3) is 0 Å². The lowest BCUT2D eigenvalue weighted by Crippen LogP contribution is -2.27. The van der Waals surface area contributed by atoms with Gasteiger partial charge >= 0.3 is 0 Å². The zero-order valence-electron chi connectivity index (χ0n) is 13.6. The smallest absolute Gasteiger partial charge is 0.0236 e. The molecule has 0 N–H and O–H groups in total. The molecule has 0 heterocycles. The number of nitrogens with zero attached hydrogens (tertiary/aromatic N) is 1. The van der Waals surface area contributed by atoms with Gasteiger partial charge in [0.1, 0.15) is 0 Å². The molecule has 1 aromatic carbocycles. The zero-order chi connectivity index (χ0) is 15.0. The molecule has 0 fully saturated rings. The van der Waals surface area contributed by atoms with Crippen molar-refractivity contribution in [2.45, 2.75) is 40.5 Å².